The molecule has 0 radical (unpaired) electrons. The zero-order valence-electron chi connectivity index (χ0n) is 20.1. The molecule has 1 atom stereocenters. The summed E-state index contributed by atoms with van der Waals surface area (Å²) in [5, 5.41) is 14.6. The number of carbonyl (C=O) groups is 2. The fourth-order valence-corrected chi connectivity index (χ4v) is 4.61. The summed E-state index contributed by atoms with van der Waals surface area (Å²) in [7, 11) is 1.69. The van der Waals surface area contributed by atoms with Crippen molar-refractivity contribution < 1.29 is 27.8 Å². The Balaban J connectivity index is 1.46. The fraction of sp³-hybridized carbons (Fsp3) is 0.292. The van der Waals surface area contributed by atoms with E-state index in [1.165, 1.54) is 39.9 Å². The SMILES string of the molecule is CN1CC[C@H](n2cc(NC(=O)c3cnn4cccnc34)c(-c3cc4c(cc3OC(F)F)NCCO4)n2)C1=O. The van der Waals surface area contributed by atoms with Gasteiger partial charge in [-0.1, -0.05) is 0 Å². The van der Waals surface area contributed by atoms with Crippen molar-refractivity contribution in [1.29, 1.82) is 0 Å². The lowest BCUT2D eigenvalue weighted by atomic mass is 10.1. The Bertz CT molecular complexity index is 1550. The Morgan fingerprint density at radius 3 is 3.00 bits per heavy atom. The van der Waals surface area contributed by atoms with Gasteiger partial charge in [-0.15, -0.1) is 0 Å². The average molecular weight is 524 g/mol. The van der Waals surface area contributed by atoms with E-state index in [1.807, 2.05) is 0 Å². The number of aromatic nitrogens is 5. The number of rotatable bonds is 6. The number of likely N-dealkylation sites (N-methyl/N-ethyl adjacent to an activating group) is 1. The highest BCUT2D eigenvalue weighted by atomic mass is 19.3. The molecule has 5 heterocycles. The van der Waals surface area contributed by atoms with Gasteiger partial charge in [0.2, 0.25) is 5.91 Å². The van der Waals surface area contributed by atoms with Crippen LogP contribution >= 0.6 is 0 Å². The highest BCUT2D eigenvalue weighted by Gasteiger charge is 2.33. The van der Waals surface area contributed by atoms with Crippen LogP contribution in [0.5, 0.6) is 11.5 Å². The van der Waals surface area contributed by atoms with Crippen molar-refractivity contribution in [2.75, 3.05) is 37.4 Å². The Morgan fingerprint density at radius 1 is 1.34 bits per heavy atom. The Labute approximate surface area is 214 Å². The monoisotopic (exact) mass is 524 g/mol. The number of ether oxygens (including phenoxy) is 2. The molecular formula is C24H22F2N8O4. The predicted octanol–water partition coefficient (Wildman–Crippen LogP) is 2.65. The number of fused-ring (bicyclic) bond motifs is 2. The molecule has 1 fully saturated rings. The first-order valence-electron chi connectivity index (χ1n) is 11.8. The summed E-state index contributed by atoms with van der Waals surface area (Å²) in [6.45, 7) is -1.69. The van der Waals surface area contributed by atoms with E-state index in [0.29, 0.717) is 43.2 Å². The maximum Gasteiger partial charge on any atom is 0.387 e. The van der Waals surface area contributed by atoms with E-state index >= 15 is 0 Å². The van der Waals surface area contributed by atoms with Gasteiger partial charge in [-0.3, -0.25) is 14.3 Å². The predicted molar refractivity (Wildman–Crippen MR) is 131 cm³/mol. The molecule has 2 amide bonds. The summed E-state index contributed by atoms with van der Waals surface area (Å²) < 4.78 is 40.2. The second-order valence-electron chi connectivity index (χ2n) is 8.83. The van der Waals surface area contributed by atoms with E-state index in [4.69, 9.17) is 9.47 Å². The number of hydrogen-bond donors (Lipinski definition) is 2. The third-order valence-electron chi connectivity index (χ3n) is 6.45. The minimum Gasteiger partial charge on any atom is -0.490 e. The molecular weight excluding hydrogens is 502 g/mol. The minimum atomic E-state index is -3.11. The Hall–Kier alpha value is -4.75. The quantitative estimate of drug-likeness (QED) is 0.394. The molecule has 0 spiro atoms. The summed E-state index contributed by atoms with van der Waals surface area (Å²) in [6, 6.07) is 4.00. The highest BCUT2D eigenvalue weighted by molar-refractivity contribution is 6.09. The first-order chi connectivity index (χ1) is 18.4. The van der Waals surface area contributed by atoms with Crippen LogP contribution in [0, 0.1) is 0 Å². The number of halogens is 2. The number of likely N-dealkylation sites (tertiary alicyclic amines) is 1. The van der Waals surface area contributed by atoms with Crippen molar-refractivity contribution in [1.82, 2.24) is 29.3 Å². The van der Waals surface area contributed by atoms with Crippen LogP contribution in [-0.4, -0.2) is 74.4 Å². The van der Waals surface area contributed by atoms with Crippen LogP contribution in [-0.2, 0) is 4.79 Å². The van der Waals surface area contributed by atoms with Crippen LogP contribution in [0.25, 0.3) is 16.9 Å². The van der Waals surface area contributed by atoms with Gasteiger partial charge >= 0.3 is 6.61 Å². The van der Waals surface area contributed by atoms with E-state index in [9.17, 15) is 18.4 Å². The molecule has 0 saturated carbocycles. The summed E-state index contributed by atoms with van der Waals surface area (Å²) in [6.07, 6.45) is 6.58. The molecule has 2 N–H and O–H groups in total. The lowest BCUT2D eigenvalue weighted by molar-refractivity contribution is -0.129. The van der Waals surface area contributed by atoms with Gasteiger partial charge in [-0.25, -0.2) is 9.50 Å². The first-order valence-corrected chi connectivity index (χ1v) is 11.8. The van der Waals surface area contributed by atoms with Gasteiger partial charge in [0.15, 0.2) is 5.65 Å². The number of amides is 2. The highest BCUT2D eigenvalue weighted by Crippen LogP contribution is 2.43. The van der Waals surface area contributed by atoms with E-state index in [2.05, 4.69) is 25.8 Å². The Kier molecular flexibility index (Phi) is 5.77. The van der Waals surface area contributed by atoms with E-state index in [0.717, 1.165) is 0 Å². The summed E-state index contributed by atoms with van der Waals surface area (Å²) in [4.78, 5) is 31.8. The molecule has 6 rings (SSSR count). The van der Waals surface area contributed by atoms with E-state index < -0.39 is 18.6 Å². The molecule has 1 aromatic carbocycles. The van der Waals surface area contributed by atoms with Crippen LogP contribution in [0.1, 0.15) is 22.8 Å². The minimum absolute atomic E-state index is 0.137. The normalized spacial score (nSPS) is 16.9. The molecule has 2 aliphatic heterocycles. The smallest absolute Gasteiger partial charge is 0.387 e. The van der Waals surface area contributed by atoms with Crippen molar-refractivity contribution >= 4 is 28.8 Å². The standard InChI is InChI=1S/C24H22F2N8O4/c1-32-7-3-17(23(32)36)34-12-16(30-22(35)14-11-29-33-6-2-4-28-21(14)33)20(31-34)13-9-19-15(27-5-8-37-19)10-18(13)38-24(25)26/h2,4,6,9-12,17,24,27H,3,5,7-8H2,1H3,(H,30,35)/t17-/m0/s1. The van der Waals surface area contributed by atoms with Gasteiger partial charge in [-0.2, -0.15) is 19.0 Å². The van der Waals surface area contributed by atoms with Gasteiger partial charge in [0.05, 0.1) is 29.3 Å². The summed E-state index contributed by atoms with van der Waals surface area (Å²) >= 11 is 0. The fourth-order valence-electron chi connectivity index (χ4n) is 4.61. The zero-order valence-corrected chi connectivity index (χ0v) is 20.1. The van der Waals surface area contributed by atoms with Crippen molar-refractivity contribution in [3.63, 3.8) is 0 Å². The van der Waals surface area contributed by atoms with Crippen LogP contribution in [0.4, 0.5) is 20.2 Å². The second kappa shape index (κ2) is 9.28. The number of alkyl halides is 2. The van der Waals surface area contributed by atoms with Crippen LogP contribution in [0.3, 0.4) is 0 Å². The molecule has 14 heteroatoms. The Morgan fingerprint density at radius 2 is 2.21 bits per heavy atom. The van der Waals surface area contributed by atoms with Crippen LogP contribution in [0.15, 0.2) is 43.0 Å². The first kappa shape index (κ1) is 23.6. The van der Waals surface area contributed by atoms with Gasteiger partial charge in [0, 0.05) is 38.6 Å². The van der Waals surface area contributed by atoms with Crippen LogP contribution in [0.2, 0.25) is 0 Å². The molecule has 0 unspecified atom stereocenters. The third kappa shape index (κ3) is 4.13. The number of benzene rings is 1. The number of nitrogens with one attached hydrogen (secondary N) is 2. The van der Waals surface area contributed by atoms with E-state index in [1.54, 1.807) is 24.2 Å². The average Bonchev–Trinajstić information content (AvgIpc) is 3.60. The second-order valence-corrected chi connectivity index (χ2v) is 8.83. The topological polar surface area (TPSA) is 128 Å². The number of nitrogens with zero attached hydrogens (tertiary/aromatic N) is 6. The van der Waals surface area contributed by atoms with Crippen molar-refractivity contribution in [3.8, 4) is 22.8 Å². The molecule has 0 bridgehead atoms. The van der Waals surface area contributed by atoms with Gasteiger partial charge < -0.3 is 25.0 Å². The number of carbonyl (C=O) groups excluding carboxylic acids is 2. The lowest BCUT2D eigenvalue weighted by Crippen LogP contribution is -2.24. The molecule has 0 aliphatic carbocycles. The van der Waals surface area contributed by atoms with E-state index in [-0.39, 0.29) is 34.2 Å². The molecule has 196 valence electrons. The molecule has 12 nitrogen and oxygen atoms in total. The van der Waals surface area contributed by atoms with Gasteiger partial charge in [0.25, 0.3) is 5.91 Å². The molecule has 2 aliphatic rings. The summed E-state index contributed by atoms with van der Waals surface area (Å²) in [5.74, 6) is -0.430. The van der Waals surface area contributed by atoms with Gasteiger partial charge in [0.1, 0.15) is 35.4 Å². The lowest BCUT2D eigenvalue weighted by Gasteiger charge is -2.21. The largest absolute Gasteiger partial charge is 0.490 e. The van der Waals surface area contributed by atoms with Crippen LogP contribution < -0.4 is 20.1 Å². The molecule has 3 aromatic heterocycles. The molecule has 4 aromatic rings. The molecule has 38 heavy (non-hydrogen) atoms. The van der Waals surface area contributed by atoms with Crippen molar-refractivity contribution in [2.24, 2.45) is 0 Å². The maximum absolute atomic E-state index is 13.4. The van der Waals surface area contributed by atoms with Crippen molar-refractivity contribution in [3.05, 3.63) is 48.5 Å². The van der Waals surface area contributed by atoms with Crippen molar-refractivity contribution in [2.45, 2.75) is 19.1 Å². The third-order valence-corrected chi connectivity index (χ3v) is 6.45. The number of anilines is 2. The molecule has 1 saturated heterocycles. The van der Waals surface area contributed by atoms with Gasteiger partial charge in [-0.05, 0) is 18.6 Å². The number of hydrogen-bond acceptors (Lipinski definition) is 8. The maximum atomic E-state index is 13.4. The summed E-state index contributed by atoms with van der Waals surface area (Å²) in [5.41, 5.74) is 1.52. The zero-order chi connectivity index (χ0) is 26.4.